The normalized spacial score (nSPS) is 13.3. The molecule has 0 saturated carbocycles. The molecule has 0 bridgehead atoms. The molecule has 0 unspecified atom stereocenters. The van der Waals surface area contributed by atoms with Crippen molar-refractivity contribution in [1.82, 2.24) is 5.32 Å². The Morgan fingerprint density at radius 2 is 1.71 bits per heavy atom. The summed E-state index contributed by atoms with van der Waals surface area (Å²) in [4.78, 5) is 24.5. The molecule has 28 heavy (non-hydrogen) atoms. The number of esters is 1. The number of rotatable bonds is 7. The number of benzene rings is 2. The number of carbonyl (C=O) groups excluding carboxylic acids is 2. The van der Waals surface area contributed by atoms with Crippen LogP contribution in [0.5, 0.6) is 5.75 Å². The van der Waals surface area contributed by atoms with Crippen LogP contribution in [0.15, 0.2) is 53.4 Å². The van der Waals surface area contributed by atoms with Crippen LogP contribution in [0.1, 0.15) is 35.8 Å². The van der Waals surface area contributed by atoms with Crippen LogP contribution in [0.4, 0.5) is 0 Å². The van der Waals surface area contributed by atoms with Gasteiger partial charge in [0.25, 0.3) is 5.91 Å². The summed E-state index contributed by atoms with van der Waals surface area (Å²) >= 11 is 0. The maximum absolute atomic E-state index is 12.5. The van der Waals surface area contributed by atoms with Crippen molar-refractivity contribution in [3.05, 3.63) is 59.7 Å². The van der Waals surface area contributed by atoms with E-state index in [1.807, 2.05) is 30.3 Å². The summed E-state index contributed by atoms with van der Waals surface area (Å²) in [6.07, 6.45) is -1.11. The molecular formula is C19H22N2O6S. The van der Waals surface area contributed by atoms with Crippen molar-refractivity contribution < 1.29 is 27.5 Å². The molecule has 0 spiro atoms. The summed E-state index contributed by atoms with van der Waals surface area (Å²) in [7, 11) is -2.70. The minimum absolute atomic E-state index is 0.0997. The molecule has 0 fully saturated rings. The Morgan fingerprint density at radius 1 is 1.07 bits per heavy atom. The largest absolute Gasteiger partial charge is 0.496 e. The number of sulfonamides is 1. The van der Waals surface area contributed by atoms with Crippen molar-refractivity contribution in [2.75, 3.05) is 7.11 Å². The molecule has 2 aromatic carbocycles. The predicted octanol–water partition coefficient (Wildman–Crippen LogP) is 1.77. The standard InChI is InChI=1S/C19H22N2O6S/c1-12(14-7-5-4-6-8-14)21-18(22)13(2)27-19(23)16-11-15(28(20,24)25)9-10-17(16)26-3/h4-13H,1-3H3,(H,21,22)(H2,20,24,25)/t12-,13-/m1/s1. The van der Waals surface area contributed by atoms with Crippen molar-refractivity contribution in [2.24, 2.45) is 5.14 Å². The monoisotopic (exact) mass is 406 g/mol. The summed E-state index contributed by atoms with van der Waals surface area (Å²) in [6.45, 7) is 3.22. The van der Waals surface area contributed by atoms with Crippen molar-refractivity contribution in [3.63, 3.8) is 0 Å². The van der Waals surface area contributed by atoms with Gasteiger partial charge in [0.2, 0.25) is 10.0 Å². The molecule has 2 atom stereocenters. The van der Waals surface area contributed by atoms with Crippen molar-refractivity contribution in [2.45, 2.75) is 30.9 Å². The van der Waals surface area contributed by atoms with Crippen LogP contribution in [0, 0.1) is 0 Å². The van der Waals surface area contributed by atoms with E-state index in [-0.39, 0.29) is 22.3 Å². The lowest BCUT2D eigenvalue weighted by molar-refractivity contribution is -0.129. The highest BCUT2D eigenvalue weighted by Crippen LogP contribution is 2.23. The average molecular weight is 406 g/mol. The predicted molar refractivity (Wildman–Crippen MR) is 102 cm³/mol. The molecule has 0 aliphatic carbocycles. The van der Waals surface area contributed by atoms with E-state index in [9.17, 15) is 18.0 Å². The number of nitrogens with two attached hydrogens (primary N) is 1. The summed E-state index contributed by atoms with van der Waals surface area (Å²) in [5, 5.41) is 7.85. The minimum Gasteiger partial charge on any atom is -0.496 e. The van der Waals surface area contributed by atoms with E-state index < -0.39 is 28.0 Å². The van der Waals surface area contributed by atoms with E-state index in [2.05, 4.69) is 5.32 Å². The van der Waals surface area contributed by atoms with Gasteiger partial charge in [-0.25, -0.2) is 18.4 Å². The quantitative estimate of drug-likeness (QED) is 0.675. The van der Waals surface area contributed by atoms with Crippen LogP contribution in [-0.2, 0) is 19.6 Å². The van der Waals surface area contributed by atoms with E-state index in [1.54, 1.807) is 6.92 Å². The number of methoxy groups -OCH3 is 1. The SMILES string of the molecule is COc1ccc(S(N)(=O)=O)cc1C(=O)O[C@H](C)C(=O)N[C@H](C)c1ccccc1. The van der Waals surface area contributed by atoms with Crippen LogP contribution in [0.3, 0.4) is 0 Å². The molecular weight excluding hydrogens is 384 g/mol. The second kappa shape index (κ2) is 8.85. The van der Waals surface area contributed by atoms with E-state index in [1.165, 1.54) is 26.2 Å². The fraction of sp³-hybridized carbons (Fsp3) is 0.263. The molecule has 0 heterocycles. The Balaban J connectivity index is 2.12. The zero-order chi connectivity index (χ0) is 20.9. The summed E-state index contributed by atoms with van der Waals surface area (Å²) < 4.78 is 33.3. The molecule has 8 nitrogen and oxygen atoms in total. The highest BCUT2D eigenvalue weighted by atomic mass is 32.2. The third kappa shape index (κ3) is 5.30. The molecule has 0 aromatic heterocycles. The minimum atomic E-state index is -4.02. The highest BCUT2D eigenvalue weighted by Gasteiger charge is 2.24. The second-order valence-corrected chi connectivity index (χ2v) is 7.66. The summed E-state index contributed by atoms with van der Waals surface area (Å²) in [5.74, 6) is -1.30. The molecule has 0 aliphatic heterocycles. The maximum atomic E-state index is 12.5. The topological polar surface area (TPSA) is 125 Å². The summed E-state index contributed by atoms with van der Waals surface area (Å²) in [5.41, 5.74) is 0.752. The van der Waals surface area contributed by atoms with Gasteiger partial charge in [-0.05, 0) is 37.6 Å². The van der Waals surface area contributed by atoms with Gasteiger partial charge >= 0.3 is 5.97 Å². The Bertz CT molecular complexity index is 960. The number of ether oxygens (including phenoxy) is 2. The molecule has 0 radical (unpaired) electrons. The molecule has 2 rings (SSSR count). The fourth-order valence-corrected chi connectivity index (χ4v) is 3.00. The van der Waals surface area contributed by atoms with Gasteiger partial charge in [0.1, 0.15) is 11.3 Å². The first kappa shape index (κ1) is 21.4. The van der Waals surface area contributed by atoms with E-state index in [0.717, 1.165) is 11.6 Å². The maximum Gasteiger partial charge on any atom is 0.342 e. The average Bonchev–Trinajstić information content (AvgIpc) is 2.67. The molecule has 2 aromatic rings. The lowest BCUT2D eigenvalue weighted by atomic mass is 10.1. The fourth-order valence-electron chi connectivity index (χ4n) is 2.46. The van der Waals surface area contributed by atoms with Crippen LogP contribution >= 0.6 is 0 Å². The van der Waals surface area contributed by atoms with Crippen LogP contribution in [-0.4, -0.2) is 33.5 Å². The van der Waals surface area contributed by atoms with Crippen molar-refractivity contribution >= 4 is 21.9 Å². The third-order valence-corrected chi connectivity index (χ3v) is 4.94. The van der Waals surface area contributed by atoms with Gasteiger partial charge in [-0.3, -0.25) is 4.79 Å². The lowest BCUT2D eigenvalue weighted by Crippen LogP contribution is -2.37. The highest BCUT2D eigenvalue weighted by molar-refractivity contribution is 7.89. The van der Waals surface area contributed by atoms with Crippen LogP contribution in [0.25, 0.3) is 0 Å². The molecule has 3 N–H and O–H groups in total. The van der Waals surface area contributed by atoms with Gasteiger partial charge in [0, 0.05) is 0 Å². The van der Waals surface area contributed by atoms with Gasteiger partial charge in [-0.2, -0.15) is 0 Å². The van der Waals surface area contributed by atoms with Gasteiger partial charge in [-0.15, -0.1) is 0 Å². The number of amides is 1. The Morgan fingerprint density at radius 3 is 2.29 bits per heavy atom. The van der Waals surface area contributed by atoms with Gasteiger partial charge in [0.05, 0.1) is 18.0 Å². The molecule has 9 heteroatoms. The van der Waals surface area contributed by atoms with Crippen molar-refractivity contribution in [3.8, 4) is 5.75 Å². The first-order valence-corrected chi connectivity index (χ1v) is 9.95. The number of hydrogen-bond donors (Lipinski definition) is 2. The molecule has 0 aliphatic rings. The van der Waals surface area contributed by atoms with Crippen molar-refractivity contribution in [1.29, 1.82) is 0 Å². The Kier molecular flexibility index (Phi) is 6.76. The van der Waals surface area contributed by atoms with Crippen LogP contribution < -0.4 is 15.2 Å². The van der Waals surface area contributed by atoms with Gasteiger partial charge < -0.3 is 14.8 Å². The smallest absolute Gasteiger partial charge is 0.342 e. The number of carbonyl (C=O) groups is 2. The van der Waals surface area contributed by atoms with E-state index in [0.29, 0.717) is 0 Å². The van der Waals surface area contributed by atoms with E-state index >= 15 is 0 Å². The number of nitrogens with one attached hydrogen (secondary N) is 1. The molecule has 150 valence electrons. The lowest BCUT2D eigenvalue weighted by Gasteiger charge is -2.19. The first-order chi connectivity index (χ1) is 13.1. The zero-order valence-corrected chi connectivity index (χ0v) is 16.5. The van der Waals surface area contributed by atoms with Gasteiger partial charge in [-0.1, -0.05) is 30.3 Å². The first-order valence-electron chi connectivity index (χ1n) is 8.40. The second-order valence-electron chi connectivity index (χ2n) is 6.10. The third-order valence-electron chi connectivity index (χ3n) is 4.03. The molecule has 0 saturated heterocycles. The van der Waals surface area contributed by atoms with E-state index in [4.69, 9.17) is 14.6 Å². The zero-order valence-electron chi connectivity index (χ0n) is 15.7. The van der Waals surface area contributed by atoms with Crippen LogP contribution in [0.2, 0.25) is 0 Å². The van der Waals surface area contributed by atoms with Gasteiger partial charge in [0.15, 0.2) is 6.10 Å². The Labute approximate surface area is 163 Å². The number of primary sulfonamides is 1. The number of hydrogen-bond acceptors (Lipinski definition) is 6. The molecule has 1 amide bonds. The Hall–Kier alpha value is -2.91. The summed E-state index contributed by atoms with van der Waals surface area (Å²) in [6, 6.07) is 12.6.